The molecular weight excluding hydrogens is 218 g/mol. The molecule has 1 aromatic carbocycles. The van der Waals surface area contributed by atoms with Crippen LogP contribution in [0.2, 0.25) is 0 Å². The summed E-state index contributed by atoms with van der Waals surface area (Å²) in [5.41, 5.74) is 7.19. The number of fused-ring (bicyclic) bond motifs is 1. The molecular formula is C13H19NO3. The highest BCUT2D eigenvalue weighted by Crippen LogP contribution is 2.43. The van der Waals surface area contributed by atoms with Gasteiger partial charge in [0.2, 0.25) is 12.5 Å². The SMILES string of the molecule is COc1cc([C@H](N)CC(C)C)cc2c1OCO2. The molecule has 94 valence electrons. The first kappa shape index (κ1) is 12.0. The van der Waals surface area contributed by atoms with Gasteiger partial charge in [0.1, 0.15) is 0 Å². The lowest BCUT2D eigenvalue weighted by Gasteiger charge is -2.16. The van der Waals surface area contributed by atoms with Crippen molar-refractivity contribution >= 4 is 0 Å². The van der Waals surface area contributed by atoms with Gasteiger partial charge in [0.05, 0.1) is 7.11 Å². The molecule has 4 nitrogen and oxygen atoms in total. The van der Waals surface area contributed by atoms with Crippen LogP contribution < -0.4 is 19.9 Å². The molecule has 0 fully saturated rings. The second-order valence-corrected chi connectivity index (χ2v) is 4.69. The first-order chi connectivity index (χ1) is 8.11. The average Bonchev–Trinajstić information content (AvgIpc) is 2.74. The third kappa shape index (κ3) is 2.47. The van der Waals surface area contributed by atoms with Crippen LogP contribution in [0.5, 0.6) is 17.2 Å². The van der Waals surface area contributed by atoms with Gasteiger partial charge in [-0.05, 0) is 30.0 Å². The fourth-order valence-electron chi connectivity index (χ4n) is 2.01. The number of nitrogens with two attached hydrogens (primary N) is 1. The third-order valence-electron chi connectivity index (χ3n) is 2.83. The van der Waals surface area contributed by atoms with Gasteiger partial charge in [0.15, 0.2) is 11.5 Å². The third-order valence-corrected chi connectivity index (χ3v) is 2.83. The summed E-state index contributed by atoms with van der Waals surface area (Å²) in [5, 5.41) is 0. The first-order valence-electron chi connectivity index (χ1n) is 5.85. The Morgan fingerprint density at radius 1 is 1.35 bits per heavy atom. The Balaban J connectivity index is 2.30. The van der Waals surface area contributed by atoms with Gasteiger partial charge < -0.3 is 19.9 Å². The van der Waals surface area contributed by atoms with Gasteiger partial charge in [0.25, 0.3) is 0 Å². The zero-order valence-corrected chi connectivity index (χ0v) is 10.5. The number of ether oxygens (including phenoxy) is 3. The van der Waals surface area contributed by atoms with E-state index in [-0.39, 0.29) is 12.8 Å². The van der Waals surface area contributed by atoms with Crippen LogP contribution >= 0.6 is 0 Å². The minimum absolute atomic E-state index is 0.00148. The number of benzene rings is 1. The van der Waals surface area contributed by atoms with Gasteiger partial charge in [-0.25, -0.2) is 0 Å². The molecule has 0 bridgehead atoms. The molecule has 1 aromatic rings. The van der Waals surface area contributed by atoms with E-state index in [4.69, 9.17) is 19.9 Å². The molecule has 17 heavy (non-hydrogen) atoms. The maximum atomic E-state index is 6.16. The molecule has 0 amide bonds. The largest absolute Gasteiger partial charge is 0.493 e. The van der Waals surface area contributed by atoms with E-state index in [1.54, 1.807) is 7.11 Å². The van der Waals surface area contributed by atoms with Crippen LogP contribution in [0.1, 0.15) is 31.9 Å². The quantitative estimate of drug-likeness (QED) is 0.874. The summed E-state index contributed by atoms with van der Waals surface area (Å²) in [6.45, 7) is 4.56. The summed E-state index contributed by atoms with van der Waals surface area (Å²) in [7, 11) is 1.62. The van der Waals surface area contributed by atoms with Crippen molar-refractivity contribution in [3.63, 3.8) is 0 Å². The van der Waals surface area contributed by atoms with E-state index in [9.17, 15) is 0 Å². The molecule has 0 radical (unpaired) electrons. The Kier molecular flexibility index (Phi) is 3.43. The number of rotatable bonds is 4. The van der Waals surface area contributed by atoms with Crippen LogP contribution in [0, 0.1) is 5.92 Å². The molecule has 1 atom stereocenters. The predicted octanol–water partition coefficient (Wildman–Crippen LogP) is 2.47. The fourth-order valence-corrected chi connectivity index (χ4v) is 2.01. The van der Waals surface area contributed by atoms with Crippen molar-refractivity contribution in [3.05, 3.63) is 17.7 Å². The van der Waals surface area contributed by atoms with Crippen molar-refractivity contribution in [3.8, 4) is 17.2 Å². The molecule has 0 unspecified atom stereocenters. The van der Waals surface area contributed by atoms with Gasteiger partial charge in [-0.3, -0.25) is 0 Å². The van der Waals surface area contributed by atoms with Crippen molar-refractivity contribution in [2.75, 3.05) is 13.9 Å². The molecule has 2 rings (SSSR count). The lowest BCUT2D eigenvalue weighted by molar-refractivity contribution is 0.171. The van der Waals surface area contributed by atoms with E-state index in [2.05, 4.69) is 13.8 Å². The lowest BCUT2D eigenvalue weighted by atomic mass is 9.97. The van der Waals surface area contributed by atoms with E-state index in [0.717, 1.165) is 17.7 Å². The summed E-state index contributed by atoms with van der Waals surface area (Å²) in [5.74, 6) is 2.64. The Morgan fingerprint density at radius 3 is 2.76 bits per heavy atom. The molecule has 0 aromatic heterocycles. The van der Waals surface area contributed by atoms with Gasteiger partial charge in [-0.1, -0.05) is 13.8 Å². The summed E-state index contributed by atoms with van der Waals surface area (Å²) >= 11 is 0. The summed E-state index contributed by atoms with van der Waals surface area (Å²) in [4.78, 5) is 0. The van der Waals surface area contributed by atoms with Gasteiger partial charge in [-0.15, -0.1) is 0 Å². The Labute approximate surface area is 102 Å². The maximum Gasteiger partial charge on any atom is 0.231 e. The molecule has 0 spiro atoms. The first-order valence-corrected chi connectivity index (χ1v) is 5.85. The number of hydrogen-bond acceptors (Lipinski definition) is 4. The van der Waals surface area contributed by atoms with Gasteiger partial charge in [0, 0.05) is 6.04 Å². The summed E-state index contributed by atoms with van der Waals surface area (Å²) < 4.78 is 16.0. The monoisotopic (exact) mass is 237 g/mol. The van der Waals surface area contributed by atoms with E-state index in [1.807, 2.05) is 12.1 Å². The Morgan fingerprint density at radius 2 is 2.12 bits per heavy atom. The van der Waals surface area contributed by atoms with Crippen molar-refractivity contribution in [2.45, 2.75) is 26.3 Å². The molecule has 0 aliphatic carbocycles. The summed E-state index contributed by atoms with van der Waals surface area (Å²) in [6.07, 6.45) is 0.933. The normalized spacial score (nSPS) is 15.1. The van der Waals surface area contributed by atoms with E-state index >= 15 is 0 Å². The van der Waals surface area contributed by atoms with Crippen LogP contribution in [0.25, 0.3) is 0 Å². The van der Waals surface area contributed by atoms with Crippen LogP contribution in [-0.2, 0) is 0 Å². The van der Waals surface area contributed by atoms with E-state index in [0.29, 0.717) is 17.4 Å². The Hall–Kier alpha value is -1.42. The van der Waals surface area contributed by atoms with E-state index in [1.165, 1.54) is 0 Å². The Bertz CT molecular complexity index is 404. The standard InChI is InChI=1S/C13H19NO3/c1-8(2)4-10(14)9-5-11(15-3)13-12(6-9)16-7-17-13/h5-6,8,10H,4,7,14H2,1-3H3/t10-/m1/s1. The van der Waals surface area contributed by atoms with Crippen LogP contribution in [0.15, 0.2) is 12.1 Å². The number of methoxy groups -OCH3 is 1. The van der Waals surface area contributed by atoms with Crippen molar-refractivity contribution < 1.29 is 14.2 Å². The fraction of sp³-hybridized carbons (Fsp3) is 0.538. The zero-order valence-electron chi connectivity index (χ0n) is 10.5. The van der Waals surface area contributed by atoms with Crippen LogP contribution in [0.4, 0.5) is 0 Å². The van der Waals surface area contributed by atoms with Gasteiger partial charge >= 0.3 is 0 Å². The molecule has 0 saturated heterocycles. The second-order valence-electron chi connectivity index (χ2n) is 4.69. The van der Waals surface area contributed by atoms with Crippen molar-refractivity contribution in [1.29, 1.82) is 0 Å². The minimum Gasteiger partial charge on any atom is -0.493 e. The van der Waals surface area contributed by atoms with Crippen LogP contribution in [-0.4, -0.2) is 13.9 Å². The van der Waals surface area contributed by atoms with Crippen LogP contribution in [0.3, 0.4) is 0 Å². The highest BCUT2D eigenvalue weighted by atomic mass is 16.7. The summed E-state index contributed by atoms with van der Waals surface area (Å²) in [6, 6.07) is 3.87. The highest BCUT2D eigenvalue weighted by Gasteiger charge is 2.22. The topological polar surface area (TPSA) is 53.7 Å². The molecule has 1 aliphatic heterocycles. The van der Waals surface area contributed by atoms with E-state index < -0.39 is 0 Å². The lowest BCUT2D eigenvalue weighted by Crippen LogP contribution is -2.13. The molecule has 1 heterocycles. The zero-order chi connectivity index (χ0) is 12.4. The second kappa shape index (κ2) is 4.84. The molecule has 4 heteroatoms. The molecule has 1 aliphatic rings. The number of hydrogen-bond donors (Lipinski definition) is 1. The minimum atomic E-state index is -0.00148. The van der Waals surface area contributed by atoms with Crippen molar-refractivity contribution in [2.24, 2.45) is 11.7 Å². The molecule has 0 saturated carbocycles. The smallest absolute Gasteiger partial charge is 0.231 e. The van der Waals surface area contributed by atoms with Gasteiger partial charge in [-0.2, -0.15) is 0 Å². The molecule has 2 N–H and O–H groups in total. The highest BCUT2D eigenvalue weighted by molar-refractivity contribution is 5.55. The average molecular weight is 237 g/mol. The maximum absolute atomic E-state index is 6.16. The predicted molar refractivity (Wildman–Crippen MR) is 65.5 cm³/mol. The van der Waals surface area contributed by atoms with Crippen molar-refractivity contribution in [1.82, 2.24) is 0 Å².